The lowest BCUT2D eigenvalue weighted by Gasteiger charge is -2.17. The van der Waals surface area contributed by atoms with E-state index in [0.29, 0.717) is 41.8 Å². The van der Waals surface area contributed by atoms with Crippen LogP contribution in [0.4, 0.5) is 38.5 Å². The molecule has 0 spiro atoms. The third kappa shape index (κ3) is 5.92. The van der Waals surface area contributed by atoms with Crippen LogP contribution in [0.2, 0.25) is 0 Å². The van der Waals surface area contributed by atoms with Gasteiger partial charge in [-0.3, -0.25) is 5.32 Å². The number of alkyl halides is 3. The van der Waals surface area contributed by atoms with Crippen molar-refractivity contribution in [2.75, 3.05) is 17.7 Å². The number of nitrogens with one attached hydrogen (secondary N) is 4. The number of anilines is 2. The van der Waals surface area contributed by atoms with Crippen molar-refractivity contribution in [2.45, 2.75) is 18.6 Å². The van der Waals surface area contributed by atoms with Crippen LogP contribution >= 0.6 is 0 Å². The van der Waals surface area contributed by atoms with Gasteiger partial charge in [0.25, 0.3) is 0 Å². The minimum Gasteiger partial charge on any atom is -0.462 e. The second-order valence-corrected chi connectivity index (χ2v) is 7.59. The van der Waals surface area contributed by atoms with Crippen LogP contribution in [0.3, 0.4) is 0 Å². The molecule has 2 aromatic carbocycles. The summed E-state index contributed by atoms with van der Waals surface area (Å²) in [5.74, 6) is 0.323. The minimum atomic E-state index is -4.68. The van der Waals surface area contributed by atoms with Gasteiger partial charge in [-0.25, -0.2) is 19.0 Å². The Kier molecular flexibility index (Phi) is 6.81. The molecule has 13 heteroatoms. The van der Waals surface area contributed by atoms with Crippen LogP contribution in [0.25, 0.3) is 0 Å². The van der Waals surface area contributed by atoms with Gasteiger partial charge in [0, 0.05) is 17.8 Å². The van der Waals surface area contributed by atoms with Gasteiger partial charge in [-0.2, -0.15) is 13.2 Å². The van der Waals surface area contributed by atoms with E-state index in [-0.39, 0.29) is 12.0 Å². The van der Waals surface area contributed by atoms with Crippen LogP contribution < -0.4 is 26.0 Å². The fraction of sp³-hybridized carbons (Fsp3) is 0.174. The summed E-state index contributed by atoms with van der Waals surface area (Å²) < 4.78 is 62.7. The molecule has 4 rings (SSSR count). The maximum absolute atomic E-state index is 13.8. The summed E-state index contributed by atoms with van der Waals surface area (Å²) in [7, 11) is 1.24. The normalized spacial score (nSPS) is 16.5. The van der Waals surface area contributed by atoms with Gasteiger partial charge in [0.15, 0.2) is 0 Å². The fourth-order valence-corrected chi connectivity index (χ4v) is 3.35. The van der Waals surface area contributed by atoms with E-state index in [1.165, 1.54) is 19.2 Å². The predicted octanol–water partition coefficient (Wildman–Crippen LogP) is 4.72. The highest BCUT2D eigenvalue weighted by Crippen LogP contribution is 2.32. The lowest BCUT2D eigenvalue weighted by atomic mass is 10.1. The van der Waals surface area contributed by atoms with E-state index in [9.17, 15) is 27.2 Å². The fourth-order valence-electron chi connectivity index (χ4n) is 3.35. The molecule has 2 aromatic rings. The predicted molar refractivity (Wildman–Crippen MR) is 122 cm³/mol. The first-order valence-corrected chi connectivity index (χ1v) is 10.4. The number of hydrogen-bond acceptors (Lipinski definition) is 6. The van der Waals surface area contributed by atoms with Crippen molar-refractivity contribution in [1.82, 2.24) is 10.6 Å². The summed E-state index contributed by atoms with van der Waals surface area (Å²) in [4.78, 5) is 27.8. The summed E-state index contributed by atoms with van der Waals surface area (Å²) in [5, 5.41) is 9.92. The molecular weight excluding hydrogens is 486 g/mol. The number of hydrogen-bond donors (Lipinski definition) is 4. The van der Waals surface area contributed by atoms with Gasteiger partial charge in [-0.1, -0.05) is 0 Å². The summed E-state index contributed by atoms with van der Waals surface area (Å²) in [5.41, 5.74) is -0.602. The first-order valence-electron chi connectivity index (χ1n) is 10.4. The molecule has 3 amide bonds. The molecule has 4 N–H and O–H groups in total. The Morgan fingerprint density at radius 1 is 1.06 bits per heavy atom. The molecule has 0 saturated carbocycles. The smallest absolute Gasteiger partial charge is 0.416 e. The van der Waals surface area contributed by atoms with E-state index in [1.54, 1.807) is 24.3 Å². The number of urea groups is 1. The number of rotatable bonds is 4. The minimum absolute atomic E-state index is 0.266. The van der Waals surface area contributed by atoms with Gasteiger partial charge in [-0.15, -0.1) is 0 Å². The molecule has 1 atom stereocenters. The van der Waals surface area contributed by atoms with Gasteiger partial charge in [-0.05, 0) is 54.6 Å². The third-order valence-electron chi connectivity index (χ3n) is 5.06. The molecule has 0 fully saturated rings. The Morgan fingerprint density at radius 2 is 1.81 bits per heavy atom. The van der Waals surface area contributed by atoms with E-state index >= 15 is 0 Å². The van der Waals surface area contributed by atoms with Gasteiger partial charge in [0.2, 0.25) is 5.96 Å². The number of aliphatic imine (C=N–C) groups is 1. The molecule has 9 nitrogen and oxygen atoms in total. The van der Waals surface area contributed by atoms with E-state index in [1.807, 2.05) is 0 Å². The Bertz CT molecular complexity index is 1270. The quantitative estimate of drug-likeness (QED) is 0.449. The summed E-state index contributed by atoms with van der Waals surface area (Å²) in [6.07, 6.45) is -1.38. The number of amides is 3. The average molecular weight is 505 g/mol. The van der Waals surface area contributed by atoms with Gasteiger partial charge >= 0.3 is 18.3 Å². The van der Waals surface area contributed by atoms with E-state index < -0.39 is 35.4 Å². The van der Waals surface area contributed by atoms with Crippen molar-refractivity contribution >= 4 is 29.5 Å². The van der Waals surface area contributed by atoms with Crippen molar-refractivity contribution < 1.29 is 36.6 Å². The summed E-state index contributed by atoms with van der Waals surface area (Å²) in [6.45, 7) is 0. The third-order valence-corrected chi connectivity index (χ3v) is 5.06. The number of nitrogens with zero attached hydrogens (tertiary/aromatic N) is 1. The number of ether oxygens (including phenoxy) is 2. The number of guanidine groups is 1. The van der Waals surface area contributed by atoms with Crippen molar-refractivity contribution in [1.29, 1.82) is 0 Å². The van der Waals surface area contributed by atoms with Crippen molar-refractivity contribution in [2.24, 2.45) is 4.99 Å². The first kappa shape index (κ1) is 24.6. The maximum Gasteiger partial charge on any atom is 0.416 e. The highest BCUT2D eigenvalue weighted by atomic mass is 19.4. The number of alkyl carbamates (subject to hydrolysis) is 1. The standard InChI is InChI=1S/C23H19F4N5O4/c1-35-22(34)32-20-29-17-9-7-15(11-19(17)30-20)36-14-5-3-13(4-6-14)28-21(33)31-18-10-12(23(25,26)27)2-8-16(18)24/h2-10,19H,11H2,1H3,(H2,28,31,33)(H2,29,30,32,34). The lowest BCUT2D eigenvalue weighted by Crippen LogP contribution is -2.37. The van der Waals surface area contributed by atoms with Gasteiger partial charge in [0.05, 0.1) is 18.4 Å². The molecule has 1 aliphatic carbocycles. The van der Waals surface area contributed by atoms with E-state index in [4.69, 9.17) is 4.74 Å². The van der Waals surface area contributed by atoms with E-state index in [2.05, 4.69) is 31.0 Å². The largest absolute Gasteiger partial charge is 0.462 e. The zero-order chi connectivity index (χ0) is 25.9. The van der Waals surface area contributed by atoms with E-state index in [0.717, 1.165) is 5.70 Å². The molecule has 0 aromatic heterocycles. The van der Waals surface area contributed by atoms with Crippen LogP contribution in [-0.2, 0) is 10.9 Å². The molecule has 1 unspecified atom stereocenters. The molecule has 1 heterocycles. The number of halogens is 4. The molecular formula is C23H19F4N5O4. The number of allylic oxidation sites excluding steroid dienone is 2. The van der Waals surface area contributed by atoms with Crippen LogP contribution in [0, 0.1) is 5.82 Å². The van der Waals surface area contributed by atoms with Gasteiger partial charge < -0.3 is 25.4 Å². The number of carbonyl (C=O) groups excluding carboxylic acids is 2. The van der Waals surface area contributed by atoms with Crippen LogP contribution in [-0.4, -0.2) is 31.2 Å². The molecule has 0 radical (unpaired) electrons. The molecule has 2 aliphatic rings. The zero-order valence-corrected chi connectivity index (χ0v) is 18.6. The topological polar surface area (TPSA) is 113 Å². The Morgan fingerprint density at radius 3 is 2.50 bits per heavy atom. The molecule has 0 bridgehead atoms. The SMILES string of the molecule is COC(=O)NC1=NC2CC(Oc3ccc(NC(=O)Nc4cc(C(F)(F)F)ccc4F)cc3)=CC=C2N1. The maximum atomic E-state index is 13.8. The summed E-state index contributed by atoms with van der Waals surface area (Å²) >= 11 is 0. The average Bonchev–Trinajstić information content (AvgIpc) is 3.22. The van der Waals surface area contributed by atoms with Crippen LogP contribution in [0.15, 0.2) is 71.1 Å². The first-order chi connectivity index (χ1) is 17.1. The number of fused-ring (bicyclic) bond motifs is 1. The lowest BCUT2D eigenvalue weighted by molar-refractivity contribution is -0.137. The highest BCUT2D eigenvalue weighted by molar-refractivity contribution is 6.00. The van der Waals surface area contributed by atoms with Gasteiger partial charge in [0.1, 0.15) is 23.4 Å². The highest BCUT2D eigenvalue weighted by Gasteiger charge is 2.31. The number of carbonyl (C=O) groups is 2. The Labute approximate surface area is 201 Å². The molecule has 36 heavy (non-hydrogen) atoms. The zero-order valence-electron chi connectivity index (χ0n) is 18.6. The number of methoxy groups -OCH3 is 1. The second-order valence-electron chi connectivity index (χ2n) is 7.59. The van der Waals surface area contributed by atoms with Crippen LogP contribution in [0.5, 0.6) is 5.75 Å². The second kappa shape index (κ2) is 9.98. The summed E-state index contributed by atoms with van der Waals surface area (Å²) in [6, 6.07) is 6.71. The van der Waals surface area contributed by atoms with Crippen molar-refractivity contribution in [3.63, 3.8) is 0 Å². The molecule has 0 saturated heterocycles. The number of benzene rings is 2. The monoisotopic (exact) mass is 505 g/mol. The molecule has 1 aliphatic heterocycles. The Balaban J connectivity index is 1.33. The van der Waals surface area contributed by atoms with Crippen molar-refractivity contribution in [3.05, 3.63) is 77.5 Å². The van der Waals surface area contributed by atoms with Crippen LogP contribution in [0.1, 0.15) is 12.0 Å². The van der Waals surface area contributed by atoms with Crippen molar-refractivity contribution in [3.8, 4) is 5.75 Å². The molecule has 188 valence electrons. The Hall–Kier alpha value is -4.55.